The summed E-state index contributed by atoms with van der Waals surface area (Å²) in [7, 11) is 0. The Hall–Kier alpha value is -0.830. The maximum atomic E-state index is 12.1. The normalized spacial score (nSPS) is 10.3. The highest BCUT2D eigenvalue weighted by Gasteiger charge is 2.20. The molecule has 0 aliphatic heterocycles. The van der Waals surface area contributed by atoms with E-state index in [1.54, 1.807) is 11.4 Å². The van der Waals surface area contributed by atoms with Gasteiger partial charge in [0.2, 0.25) is 0 Å². The van der Waals surface area contributed by atoms with Gasteiger partial charge in [0.15, 0.2) is 0 Å². The van der Waals surface area contributed by atoms with Crippen molar-refractivity contribution in [2.45, 2.75) is 0 Å². The first-order chi connectivity index (χ1) is 9.40. The van der Waals surface area contributed by atoms with Crippen molar-refractivity contribution in [3.8, 4) is 0 Å². The Bertz CT molecular complexity index is 702. The number of aromatic carboxylic acids is 1. The lowest BCUT2D eigenvalue weighted by molar-refractivity contribution is 0.0698. The van der Waals surface area contributed by atoms with Crippen LogP contribution in [0.4, 0.5) is 5.69 Å². The van der Waals surface area contributed by atoms with Crippen LogP contribution in [0, 0.1) is 2.88 Å². The molecule has 0 aliphatic carbocycles. The fourth-order valence-corrected chi connectivity index (χ4v) is 3.27. The van der Waals surface area contributed by atoms with E-state index in [1.165, 1.54) is 23.5 Å². The van der Waals surface area contributed by atoms with E-state index >= 15 is 0 Å². The maximum Gasteiger partial charge on any atom is 0.339 e. The second kappa shape index (κ2) is 6.30. The molecule has 0 bridgehead atoms. The lowest BCUT2D eigenvalue weighted by Crippen LogP contribution is -2.15. The van der Waals surface area contributed by atoms with E-state index in [1.807, 2.05) is 0 Å². The number of hydrogen-bond donors (Lipinski definition) is 2. The smallest absolute Gasteiger partial charge is 0.339 e. The lowest BCUT2D eigenvalue weighted by atomic mass is 10.1. The number of anilines is 1. The quantitative estimate of drug-likeness (QED) is 0.683. The van der Waals surface area contributed by atoms with Crippen LogP contribution in [-0.4, -0.2) is 17.0 Å². The fourth-order valence-electron chi connectivity index (χ4n) is 1.50. The van der Waals surface area contributed by atoms with Crippen LogP contribution in [0.15, 0.2) is 23.6 Å². The number of carboxylic acid groups (broad SMARTS) is 1. The van der Waals surface area contributed by atoms with Crippen molar-refractivity contribution in [2.24, 2.45) is 0 Å². The first-order valence-corrected chi connectivity index (χ1v) is 7.88. The standard InChI is InChI=1S/C12H6Cl2INO3S/c13-6-1-2-7(14)10(9(6)12(18)19)16-11(17)5-3-8(15)20-4-5/h1-4H,(H,16,17)(H,18,19). The maximum absolute atomic E-state index is 12.1. The Morgan fingerprint density at radius 2 is 1.90 bits per heavy atom. The molecule has 0 saturated carbocycles. The summed E-state index contributed by atoms with van der Waals surface area (Å²) in [5, 5.41) is 13.5. The van der Waals surface area contributed by atoms with Gasteiger partial charge < -0.3 is 10.4 Å². The summed E-state index contributed by atoms with van der Waals surface area (Å²) in [6.45, 7) is 0. The van der Waals surface area contributed by atoms with Gasteiger partial charge in [0.25, 0.3) is 5.91 Å². The number of carboxylic acids is 1. The van der Waals surface area contributed by atoms with Gasteiger partial charge >= 0.3 is 5.97 Å². The van der Waals surface area contributed by atoms with Gasteiger partial charge in [0, 0.05) is 5.38 Å². The Labute approximate surface area is 141 Å². The third-order valence-corrected chi connectivity index (χ3v) is 4.80. The van der Waals surface area contributed by atoms with Gasteiger partial charge in [-0.15, -0.1) is 11.3 Å². The monoisotopic (exact) mass is 441 g/mol. The van der Waals surface area contributed by atoms with Crippen LogP contribution in [0.1, 0.15) is 20.7 Å². The SMILES string of the molecule is O=C(Nc1c(Cl)ccc(Cl)c1C(=O)O)c1csc(I)c1. The number of amides is 1. The van der Waals surface area contributed by atoms with E-state index in [4.69, 9.17) is 28.3 Å². The minimum Gasteiger partial charge on any atom is -0.478 e. The average Bonchev–Trinajstić information content (AvgIpc) is 2.80. The van der Waals surface area contributed by atoms with Gasteiger partial charge in [0.1, 0.15) is 5.56 Å². The van der Waals surface area contributed by atoms with E-state index in [0.717, 1.165) is 2.88 Å². The highest BCUT2D eigenvalue weighted by molar-refractivity contribution is 14.1. The van der Waals surface area contributed by atoms with Gasteiger partial charge in [-0.2, -0.15) is 0 Å². The molecule has 0 unspecified atom stereocenters. The number of carbonyl (C=O) groups is 2. The molecule has 2 N–H and O–H groups in total. The number of hydrogen-bond acceptors (Lipinski definition) is 3. The summed E-state index contributed by atoms with van der Waals surface area (Å²) in [6.07, 6.45) is 0. The third-order valence-electron chi connectivity index (χ3n) is 2.39. The molecule has 0 radical (unpaired) electrons. The first kappa shape index (κ1) is 15.6. The molecule has 0 aliphatic rings. The Balaban J connectivity index is 2.41. The van der Waals surface area contributed by atoms with Crippen LogP contribution < -0.4 is 5.32 Å². The van der Waals surface area contributed by atoms with Crippen LogP contribution >= 0.6 is 57.1 Å². The highest BCUT2D eigenvalue weighted by atomic mass is 127. The number of thiophene rings is 1. The van der Waals surface area contributed by atoms with Crippen LogP contribution in [0.25, 0.3) is 0 Å². The zero-order valence-corrected chi connectivity index (χ0v) is 14.1. The summed E-state index contributed by atoms with van der Waals surface area (Å²) in [4.78, 5) is 23.3. The molecule has 4 nitrogen and oxygen atoms in total. The van der Waals surface area contributed by atoms with E-state index in [9.17, 15) is 9.59 Å². The molecule has 2 aromatic rings. The highest BCUT2D eigenvalue weighted by Crippen LogP contribution is 2.32. The van der Waals surface area contributed by atoms with E-state index < -0.39 is 11.9 Å². The minimum absolute atomic E-state index is 0.00197. The van der Waals surface area contributed by atoms with Gasteiger partial charge in [-0.3, -0.25) is 4.79 Å². The molecule has 1 amide bonds. The van der Waals surface area contributed by atoms with Crippen molar-refractivity contribution in [3.63, 3.8) is 0 Å². The predicted molar refractivity (Wildman–Crippen MR) is 88.4 cm³/mol. The third kappa shape index (κ3) is 3.25. The Morgan fingerprint density at radius 1 is 1.25 bits per heavy atom. The van der Waals surface area contributed by atoms with Crippen molar-refractivity contribution in [1.82, 2.24) is 0 Å². The molecule has 0 saturated heterocycles. The van der Waals surface area contributed by atoms with Crippen molar-refractivity contribution in [2.75, 3.05) is 5.32 Å². The molecule has 104 valence electrons. The Morgan fingerprint density at radius 3 is 2.45 bits per heavy atom. The first-order valence-electron chi connectivity index (χ1n) is 5.17. The van der Waals surface area contributed by atoms with Gasteiger partial charge in [-0.05, 0) is 40.8 Å². The molecule has 1 aromatic heterocycles. The minimum atomic E-state index is -1.26. The van der Waals surface area contributed by atoms with E-state index in [-0.39, 0.29) is 21.3 Å². The number of benzene rings is 1. The molecule has 1 aromatic carbocycles. The summed E-state index contributed by atoms with van der Waals surface area (Å²) >= 11 is 15.3. The topological polar surface area (TPSA) is 66.4 Å². The fraction of sp³-hybridized carbons (Fsp3) is 0. The van der Waals surface area contributed by atoms with Crippen molar-refractivity contribution >= 4 is 74.7 Å². The number of halogens is 3. The zero-order chi connectivity index (χ0) is 14.9. The summed E-state index contributed by atoms with van der Waals surface area (Å²) in [5.41, 5.74) is 0.210. The van der Waals surface area contributed by atoms with Gasteiger partial charge in [-0.25, -0.2) is 4.79 Å². The number of carbonyl (C=O) groups excluding carboxylic acids is 1. The summed E-state index contributed by atoms with van der Waals surface area (Å²) < 4.78 is 0.948. The van der Waals surface area contributed by atoms with Gasteiger partial charge in [0.05, 0.1) is 24.2 Å². The van der Waals surface area contributed by atoms with E-state index in [2.05, 4.69) is 27.9 Å². The molecule has 0 fully saturated rings. The van der Waals surface area contributed by atoms with E-state index in [0.29, 0.717) is 5.56 Å². The largest absolute Gasteiger partial charge is 0.478 e. The molecule has 20 heavy (non-hydrogen) atoms. The second-order valence-electron chi connectivity index (χ2n) is 3.68. The van der Waals surface area contributed by atoms with Gasteiger partial charge in [-0.1, -0.05) is 23.2 Å². The molecule has 0 atom stereocenters. The molecule has 8 heteroatoms. The molecule has 1 heterocycles. The number of rotatable bonds is 3. The lowest BCUT2D eigenvalue weighted by Gasteiger charge is -2.11. The molecule has 2 rings (SSSR count). The molecule has 0 spiro atoms. The predicted octanol–water partition coefficient (Wildman–Crippen LogP) is 4.61. The van der Waals surface area contributed by atoms with Crippen molar-refractivity contribution in [1.29, 1.82) is 0 Å². The zero-order valence-electron chi connectivity index (χ0n) is 9.62. The molecular weight excluding hydrogens is 436 g/mol. The number of nitrogens with one attached hydrogen (secondary N) is 1. The van der Waals surface area contributed by atoms with Crippen LogP contribution in [0.2, 0.25) is 10.0 Å². The van der Waals surface area contributed by atoms with Crippen molar-refractivity contribution < 1.29 is 14.7 Å². The molecular formula is C12H6Cl2INO3S. The van der Waals surface area contributed by atoms with Crippen LogP contribution in [-0.2, 0) is 0 Å². The summed E-state index contributed by atoms with van der Waals surface area (Å²) in [6, 6.07) is 4.50. The summed E-state index contributed by atoms with van der Waals surface area (Å²) in [5.74, 6) is -1.69. The second-order valence-corrected chi connectivity index (χ2v) is 7.30. The van der Waals surface area contributed by atoms with Crippen molar-refractivity contribution in [3.05, 3.63) is 47.6 Å². The average molecular weight is 442 g/mol. The van der Waals surface area contributed by atoms with Crippen LogP contribution in [0.3, 0.4) is 0 Å². The van der Waals surface area contributed by atoms with Crippen LogP contribution in [0.5, 0.6) is 0 Å². The Kier molecular flexibility index (Phi) is 4.90.